The molecule has 3 N–H and O–H groups in total. The molecule has 0 saturated heterocycles. The Hall–Kier alpha value is -2.71. The van der Waals surface area contributed by atoms with Crippen LogP contribution in [0, 0.1) is 20.8 Å². The molecule has 29 heavy (non-hydrogen) atoms. The number of carbonyl (C=O) groups is 1. The average Bonchev–Trinajstić information content (AvgIpc) is 2.67. The molecule has 3 aromatic rings. The van der Waals surface area contributed by atoms with Crippen molar-refractivity contribution in [2.45, 2.75) is 30.6 Å². The summed E-state index contributed by atoms with van der Waals surface area (Å²) in [6.45, 7) is 5.56. The zero-order valence-electron chi connectivity index (χ0n) is 16.2. The van der Waals surface area contributed by atoms with E-state index in [1.807, 2.05) is 13.8 Å². The van der Waals surface area contributed by atoms with Crippen molar-refractivity contribution in [2.75, 3.05) is 10.5 Å². The molecule has 0 aliphatic carbocycles. The van der Waals surface area contributed by atoms with Crippen LogP contribution in [0.4, 0.5) is 5.69 Å². The van der Waals surface area contributed by atoms with Crippen LogP contribution in [0.5, 0.6) is 5.75 Å². The second-order valence-corrected chi connectivity index (χ2v) is 9.40. The fraction of sp³-hybridized carbons (Fsp3) is 0.190. The third-order valence-corrected chi connectivity index (χ3v) is 7.40. The fourth-order valence-electron chi connectivity index (χ4n) is 3.09. The minimum Gasteiger partial charge on any atom is -0.506 e. The van der Waals surface area contributed by atoms with E-state index in [4.69, 9.17) is 5.11 Å². The smallest absolute Gasteiger partial charge is 0.313 e. The maximum Gasteiger partial charge on any atom is 0.313 e. The molecule has 0 saturated carbocycles. The number of sulfonamides is 1. The third kappa shape index (κ3) is 4.18. The first-order chi connectivity index (χ1) is 13.6. The minimum absolute atomic E-state index is 0.0721. The molecule has 0 spiro atoms. The third-order valence-electron chi connectivity index (χ3n) is 4.87. The first kappa shape index (κ1) is 21.0. The highest BCUT2D eigenvalue weighted by Crippen LogP contribution is 2.40. The van der Waals surface area contributed by atoms with Crippen LogP contribution < -0.4 is 4.72 Å². The van der Waals surface area contributed by atoms with E-state index < -0.39 is 16.0 Å². The maximum absolute atomic E-state index is 13.1. The van der Waals surface area contributed by atoms with Gasteiger partial charge in [-0.15, -0.1) is 11.8 Å². The topological polar surface area (TPSA) is 104 Å². The molecule has 0 radical (unpaired) electrons. The number of carboxylic acids is 1. The van der Waals surface area contributed by atoms with Gasteiger partial charge in [0.15, 0.2) is 0 Å². The quantitative estimate of drug-likeness (QED) is 0.394. The van der Waals surface area contributed by atoms with Crippen LogP contribution in [0.3, 0.4) is 0 Å². The number of phenols is 1. The van der Waals surface area contributed by atoms with Gasteiger partial charge >= 0.3 is 5.97 Å². The van der Waals surface area contributed by atoms with E-state index in [1.165, 1.54) is 6.07 Å². The summed E-state index contributed by atoms with van der Waals surface area (Å²) in [5.74, 6) is -1.36. The number of fused-ring (bicyclic) bond motifs is 1. The molecule has 0 amide bonds. The van der Waals surface area contributed by atoms with Gasteiger partial charge in [-0.3, -0.25) is 9.52 Å². The number of hydrogen-bond acceptors (Lipinski definition) is 5. The Bertz CT molecular complexity index is 1220. The van der Waals surface area contributed by atoms with Crippen LogP contribution in [0.25, 0.3) is 10.8 Å². The zero-order valence-corrected chi connectivity index (χ0v) is 17.8. The summed E-state index contributed by atoms with van der Waals surface area (Å²) in [5, 5.41) is 20.4. The molecule has 0 fully saturated rings. The summed E-state index contributed by atoms with van der Waals surface area (Å²) < 4.78 is 28.9. The molecule has 3 aromatic carbocycles. The first-order valence-corrected chi connectivity index (χ1v) is 11.3. The van der Waals surface area contributed by atoms with Gasteiger partial charge in [-0.1, -0.05) is 30.3 Å². The Morgan fingerprint density at radius 3 is 2.34 bits per heavy atom. The molecule has 0 aliphatic rings. The molecule has 0 heterocycles. The number of rotatable bonds is 6. The van der Waals surface area contributed by atoms with E-state index in [1.54, 1.807) is 43.3 Å². The van der Waals surface area contributed by atoms with Crippen LogP contribution in [0.1, 0.15) is 16.7 Å². The van der Waals surface area contributed by atoms with Gasteiger partial charge in [0.2, 0.25) is 0 Å². The monoisotopic (exact) mass is 431 g/mol. The lowest BCUT2D eigenvalue weighted by Gasteiger charge is -2.16. The Labute approximate surface area is 173 Å². The van der Waals surface area contributed by atoms with Crippen molar-refractivity contribution in [3.8, 4) is 5.75 Å². The van der Waals surface area contributed by atoms with Gasteiger partial charge in [0, 0.05) is 10.8 Å². The van der Waals surface area contributed by atoms with Crippen molar-refractivity contribution in [3.05, 3.63) is 59.2 Å². The number of aliphatic carboxylic acids is 1. The Kier molecular flexibility index (Phi) is 5.77. The standard InChI is InChI=1S/C21H21NO5S2/c1-12-8-9-19(14(3)13(12)2)29(26,27)22-17-10-18(28-11-20(23)24)21(25)16-7-5-4-6-15(16)17/h4-10,22,25H,11H2,1-3H3,(H,23,24). The van der Waals surface area contributed by atoms with Gasteiger partial charge in [-0.05, 0) is 49.6 Å². The number of thioether (sulfide) groups is 1. The molecule has 6 nitrogen and oxygen atoms in total. The van der Waals surface area contributed by atoms with Crippen LogP contribution in [-0.2, 0) is 14.8 Å². The Morgan fingerprint density at radius 1 is 1.03 bits per heavy atom. The lowest BCUT2D eigenvalue weighted by Crippen LogP contribution is -2.15. The molecule has 152 valence electrons. The lowest BCUT2D eigenvalue weighted by atomic mass is 10.1. The van der Waals surface area contributed by atoms with E-state index in [2.05, 4.69) is 4.72 Å². The molecular weight excluding hydrogens is 410 g/mol. The van der Waals surface area contributed by atoms with Crippen molar-refractivity contribution in [1.82, 2.24) is 0 Å². The maximum atomic E-state index is 13.1. The van der Waals surface area contributed by atoms with Gasteiger partial charge in [0.25, 0.3) is 10.0 Å². The van der Waals surface area contributed by atoms with Gasteiger partial charge in [0.05, 0.1) is 21.2 Å². The number of anilines is 1. The summed E-state index contributed by atoms with van der Waals surface area (Å²) >= 11 is 0.929. The van der Waals surface area contributed by atoms with Crippen LogP contribution in [0.15, 0.2) is 52.3 Å². The van der Waals surface area contributed by atoms with Gasteiger partial charge in [-0.25, -0.2) is 8.42 Å². The average molecular weight is 432 g/mol. The van der Waals surface area contributed by atoms with Gasteiger partial charge in [-0.2, -0.15) is 0 Å². The number of hydrogen-bond donors (Lipinski definition) is 3. The largest absolute Gasteiger partial charge is 0.506 e. The summed E-state index contributed by atoms with van der Waals surface area (Å²) in [7, 11) is -3.89. The molecule has 3 rings (SSSR count). The number of phenolic OH excluding ortho intramolecular Hbond substituents is 1. The van der Waals surface area contributed by atoms with E-state index in [0.29, 0.717) is 21.2 Å². The van der Waals surface area contributed by atoms with E-state index in [0.717, 1.165) is 22.9 Å². The normalized spacial score (nSPS) is 11.6. The summed E-state index contributed by atoms with van der Waals surface area (Å²) in [4.78, 5) is 11.4. The Morgan fingerprint density at radius 2 is 1.69 bits per heavy atom. The van der Waals surface area contributed by atoms with Crippen molar-refractivity contribution in [1.29, 1.82) is 0 Å². The zero-order chi connectivity index (χ0) is 21.3. The van der Waals surface area contributed by atoms with Gasteiger partial charge in [0.1, 0.15) is 5.75 Å². The van der Waals surface area contributed by atoms with Gasteiger partial charge < -0.3 is 10.2 Å². The number of aromatic hydroxyl groups is 1. The fourth-order valence-corrected chi connectivity index (χ4v) is 5.19. The predicted molar refractivity (Wildman–Crippen MR) is 115 cm³/mol. The van der Waals surface area contributed by atoms with E-state index >= 15 is 0 Å². The molecule has 8 heteroatoms. The van der Waals surface area contributed by atoms with Crippen molar-refractivity contribution >= 4 is 44.2 Å². The van der Waals surface area contributed by atoms with Crippen LogP contribution in [0.2, 0.25) is 0 Å². The SMILES string of the molecule is Cc1ccc(S(=O)(=O)Nc2cc(SCC(=O)O)c(O)c3ccccc23)c(C)c1C. The minimum atomic E-state index is -3.89. The molecule has 0 atom stereocenters. The molecular formula is C21H21NO5S2. The van der Waals surface area contributed by atoms with E-state index in [-0.39, 0.29) is 22.1 Å². The predicted octanol–water partition coefficient (Wildman–Crippen LogP) is 4.45. The highest BCUT2D eigenvalue weighted by atomic mass is 32.2. The summed E-state index contributed by atoms with van der Waals surface area (Å²) in [6, 6.07) is 11.6. The highest BCUT2D eigenvalue weighted by Gasteiger charge is 2.21. The second kappa shape index (κ2) is 7.96. The number of aryl methyl sites for hydroxylation is 1. The number of nitrogens with one attached hydrogen (secondary N) is 1. The van der Waals surface area contributed by atoms with Crippen molar-refractivity contribution in [2.24, 2.45) is 0 Å². The van der Waals surface area contributed by atoms with Crippen LogP contribution in [-0.4, -0.2) is 30.4 Å². The summed E-state index contributed by atoms with van der Waals surface area (Å²) in [6.07, 6.45) is 0. The molecule has 0 unspecified atom stereocenters. The first-order valence-electron chi connectivity index (χ1n) is 8.80. The summed E-state index contributed by atoms with van der Waals surface area (Å²) in [5.41, 5.74) is 2.86. The van der Waals surface area contributed by atoms with Crippen molar-refractivity contribution in [3.63, 3.8) is 0 Å². The lowest BCUT2D eigenvalue weighted by molar-refractivity contribution is -0.133. The Balaban J connectivity index is 2.13. The van der Waals surface area contributed by atoms with E-state index in [9.17, 15) is 18.3 Å². The molecule has 0 bridgehead atoms. The van der Waals surface area contributed by atoms with Crippen molar-refractivity contribution < 1.29 is 23.4 Å². The number of benzene rings is 3. The molecule has 0 aliphatic heterocycles. The highest BCUT2D eigenvalue weighted by molar-refractivity contribution is 8.00. The van der Waals surface area contributed by atoms with Crippen LogP contribution >= 0.6 is 11.8 Å². The number of carboxylic acid groups (broad SMARTS) is 1. The molecule has 0 aromatic heterocycles. The second-order valence-electron chi connectivity index (χ2n) is 6.73.